The van der Waals surface area contributed by atoms with Crippen LogP contribution in [-0.4, -0.2) is 37.1 Å². The predicted octanol–water partition coefficient (Wildman–Crippen LogP) is 6.63. The number of carbonyl (C=O) groups is 3. The number of nitrogens with one attached hydrogen (secondary N) is 2. The van der Waals surface area contributed by atoms with Crippen molar-refractivity contribution in [3.05, 3.63) is 83.4 Å². The molecule has 1 heterocycles. The number of carboxylic acid groups (broad SMARTS) is 1. The van der Waals surface area contributed by atoms with Crippen LogP contribution < -0.4 is 20.1 Å². The second-order valence-electron chi connectivity index (χ2n) is 10.6. The van der Waals surface area contributed by atoms with Crippen molar-refractivity contribution in [2.24, 2.45) is 11.8 Å². The molecule has 0 fully saturated rings. The fourth-order valence-corrected chi connectivity index (χ4v) is 5.37. The summed E-state index contributed by atoms with van der Waals surface area (Å²) in [7, 11) is 2.99. The molecule has 3 N–H and O–H groups in total. The molecule has 0 radical (unpaired) electrons. The van der Waals surface area contributed by atoms with E-state index in [0.29, 0.717) is 29.2 Å². The topological polar surface area (TPSA) is 114 Å². The highest BCUT2D eigenvalue weighted by Crippen LogP contribution is 2.36. The fraction of sp³-hybridized carbons (Fsp3) is 0.364. The van der Waals surface area contributed by atoms with Gasteiger partial charge in [0.05, 0.1) is 26.7 Å². The SMILES string of the molecule is COc1ccc(C(CC(=O)O)NC(=O)C(CC(=O)Nc2ccc(C)cc2)CC(C)C)cc1OC.c1ccc2c(c1)CS2. The van der Waals surface area contributed by atoms with Crippen molar-refractivity contribution >= 4 is 35.2 Å². The number of carbonyl (C=O) groups excluding carboxylic acids is 2. The average molecular weight is 593 g/mol. The van der Waals surface area contributed by atoms with E-state index in [4.69, 9.17) is 9.47 Å². The maximum absolute atomic E-state index is 13.2. The molecule has 0 saturated carbocycles. The Kier molecular flexibility index (Phi) is 12.3. The fourth-order valence-electron chi connectivity index (χ4n) is 4.55. The lowest BCUT2D eigenvalue weighted by Crippen LogP contribution is -2.37. The first kappa shape index (κ1) is 32.5. The maximum Gasteiger partial charge on any atom is 0.305 e. The number of anilines is 1. The largest absolute Gasteiger partial charge is 0.493 e. The Morgan fingerprint density at radius 2 is 1.62 bits per heavy atom. The van der Waals surface area contributed by atoms with E-state index in [-0.39, 0.29) is 30.6 Å². The minimum Gasteiger partial charge on any atom is -0.493 e. The summed E-state index contributed by atoms with van der Waals surface area (Å²) in [6.07, 6.45) is 0.160. The maximum atomic E-state index is 13.2. The number of thioether (sulfide) groups is 1. The van der Waals surface area contributed by atoms with Gasteiger partial charge >= 0.3 is 5.97 Å². The number of carboxylic acids is 1. The van der Waals surface area contributed by atoms with Crippen LogP contribution >= 0.6 is 11.8 Å². The van der Waals surface area contributed by atoms with Crippen molar-refractivity contribution in [2.75, 3.05) is 19.5 Å². The summed E-state index contributed by atoms with van der Waals surface area (Å²) in [5, 5.41) is 15.1. The second kappa shape index (κ2) is 15.9. The van der Waals surface area contributed by atoms with Gasteiger partial charge in [-0.2, -0.15) is 0 Å². The van der Waals surface area contributed by atoms with Crippen LogP contribution in [0.15, 0.2) is 71.6 Å². The van der Waals surface area contributed by atoms with E-state index in [1.54, 1.807) is 18.2 Å². The van der Waals surface area contributed by atoms with Crippen LogP contribution in [0.1, 0.15) is 55.8 Å². The summed E-state index contributed by atoms with van der Waals surface area (Å²) in [5.41, 5.74) is 3.82. The van der Waals surface area contributed by atoms with Gasteiger partial charge in [0, 0.05) is 28.7 Å². The molecule has 0 saturated heterocycles. The molecule has 1 aliphatic heterocycles. The number of rotatable bonds is 12. The molecule has 0 aromatic heterocycles. The monoisotopic (exact) mass is 592 g/mol. The third-order valence-corrected chi connectivity index (χ3v) is 7.92. The molecule has 8 nitrogen and oxygen atoms in total. The molecule has 0 aliphatic carbocycles. The van der Waals surface area contributed by atoms with E-state index in [9.17, 15) is 19.5 Å². The Balaban J connectivity index is 0.000000510. The van der Waals surface area contributed by atoms with E-state index in [2.05, 4.69) is 34.9 Å². The van der Waals surface area contributed by atoms with Crippen LogP contribution in [0.2, 0.25) is 0 Å². The number of benzene rings is 3. The summed E-state index contributed by atoms with van der Waals surface area (Å²) < 4.78 is 10.6. The molecule has 9 heteroatoms. The van der Waals surface area contributed by atoms with Gasteiger partial charge in [-0.1, -0.05) is 55.8 Å². The van der Waals surface area contributed by atoms with Crippen molar-refractivity contribution in [1.29, 1.82) is 0 Å². The quantitative estimate of drug-likeness (QED) is 0.216. The lowest BCUT2D eigenvalue weighted by molar-refractivity contribution is -0.138. The number of fused-ring (bicyclic) bond motifs is 1. The van der Waals surface area contributed by atoms with E-state index >= 15 is 0 Å². The van der Waals surface area contributed by atoms with Crippen LogP contribution in [0.25, 0.3) is 0 Å². The molecule has 4 rings (SSSR count). The summed E-state index contributed by atoms with van der Waals surface area (Å²) >= 11 is 1.93. The number of ether oxygens (including phenoxy) is 2. The van der Waals surface area contributed by atoms with Gasteiger partial charge in [0.2, 0.25) is 11.8 Å². The first-order valence-corrected chi connectivity index (χ1v) is 14.9. The Hall–Kier alpha value is -3.98. The van der Waals surface area contributed by atoms with Crippen LogP contribution in [0.3, 0.4) is 0 Å². The van der Waals surface area contributed by atoms with E-state index in [0.717, 1.165) is 5.56 Å². The second-order valence-corrected chi connectivity index (χ2v) is 11.6. The molecular weight excluding hydrogens is 552 g/mol. The van der Waals surface area contributed by atoms with Crippen LogP contribution in [0, 0.1) is 18.8 Å². The Morgan fingerprint density at radius 3 is 2.14 bits per heavy atom. The van der Waals surface area contributed by atoms with Gasteiger partial charge in [-0.15, -0.1) is 11.8 Å². The molecule has 2 atom stereocenters. The van der Waals surface area contributed by atoms with Gasteiger partial charge in [-0.25, -0.2) is 0 Å². The number of amides is 2. The van der Waals surface area contributed by atoms with Crippen molar-refractivity contribution in [3.63, 3.8) is 0 Å². The number of hydrogen-bond donors (Lipinski definition) is 3. The van der Waals surface area contributed by atoms with Gasteiger partial charge in [-0.05, 0) is 60.7 Å². The van der Waals surface area contributed by atoms with Crippen LogP contribution in [-0.2, 0) is 20.1 Å². The van der Waals surface area contributed by atoms with Crippen molar-refractivity contribution in [3.8, 4) is 11.5 Å². The van der Waals surface area contributed by atoms with Gasteiger partial charge in [0.25, 0.3) is 0 Å². The molecule has 2 unspecified atom stereocenters. The third kappa shape index (κ3) is 9.83. The molecule has 0 spiro atoms. The average Bonchev–Trinajstić information content (AvgIpc) is 2.93. The van der Waals surface area contributed by atoms with Crippen molar-refractivity contribution < 1.29 is 29.0 Å². The minimum absolute atomic E-state index is 0.0103. The smallest absolute Gasteiger partial charge is 0.305 e. The van der Waals surface area contributed by atoms with Gasteiger partial charge in [0.15, 0.2) is 11.5 Å². The van der Waals surface area contributed by atoms with Crippen molar-refractivity contribution in [1.82, 2.24) is 5.32 Å². The molecule has 42 heavy (non-hydrogen) atoms. The summed E-state index contributed by atoms with van der Waals surface area (Å²) in [6, 6.07) is 20.2. The Labute approximate surface area is 252 Å². The van der Waals surface area contributed by atoms with Gasteiger partial charge in [-0.3, -0.25) is 14.4 Å². The Bertz CT molecular complexity index is 1340. The van der Waals surface area contributed by atoms with Gasteiger partial charge in [0.1, 0.15) is 0 Å². The molecule has 3 aromatic rings. The zero-order valence-electron chi connectivity index (χ0n) is 24.8. The molecular formula is C33H40N2O6S. The summed E-state index contributed by atoms with van der Waals surface area (Å²) in [4.78, 5) is 38.9. The summed E-state index contributed by atoms with van der Waals surface area (Å²) in [5.74, 6) is 0.00891. The highest BCUT2D eigenvalue weighted by Gasteiger charge is 2.27. The van der Waals surface area contributed by atoms with E-state index in [1.165, 1.54) is 30.4 Å². The van der Waals surface area contributed by atoms with Gasteiger partial charge < -0.3 is 25.2 Å². The number of methoxy groups -OCH3 is 2. The first-order chi connectivity index (χ1) is 20.1. The van der Waals surface area contributed by atoms with Crippen LogP contribution in [0.4, 0.5) is 5.69 Å². The highest BCUT2D eigenvalue weighted by atomic mass is 32.2. The standard InChI is InChI=1S/C26H34N2O6.C7H6S/c1-16(2)12-19(14-24(29)27-20-9-6-17(3)7-10-20)26(32)28-21(15-25(30)31)18-8-11-22(33-4)23(13-18)34-5;1-2-4-7-6(3-1)5-8-7/h6-11,13,16,19,21H,12,14-15H2,1-5H3,(H,27,29)(H,28,32)(H,30,31);1-4H,5H2. The molecule has 2 amide bonds. The lowest BCUT2D eigenvalue weighted by atomic mass is 9.92. The lowest BCUT2D eigenvalue weighted by Gasteiger charge is -2.24. The third-order valence-electron chi connectivity index (χ3n) is 6.75. The number of aliphatic carboxylic acids is 1. The Morgan fingerprint density at radius 1 is 0.929 bits per heavy atom. The van der Waals surface area contributed by atoms with E-state index < -0.39 is 17.9 Å². The number of hydrogen-bond acceptors (Lipinski definition) is 6. The zero-order valence-corrected chi connectivity index (χ0v) is 25.6. The number of aryl methyl sites for hydroxylation is 1. The molecule has 0 bridgehead atoms. The van der Waals surface area contributed by atoms with Crippen molar-refractivity contribution in [2.45, 2.75) is 56.7 Å². The molecule has 3 aromatic carbocycles. The predicted molar refractivity (Wildman–Crippen MR) is 166 cm³/mol. The summed E-state index contributed by atoms with van der Waals surface area (Å²) in [6.45, 7) is 5.91. The zero-order chi connectivity index (χ0) is 30.6. The van der Waals surface area contributed by atoms with E-state index in [1.807, 2.05) is 56.8 Å². The normalized spacial score (nSPS) is 12.9. The first-order valence-electron chi connectivity index (χ1n) is 13.9. The highest BCUT2D eigenvalue weighted by molar-refractivity contribution is 7.99. The van der Waals surface area contributed by atoms with Crippen LogP contribution in [0.5, 0.6) is 11.5 Å². The molecule has 1 aliphatic rings. The molecule has 224 valence electrons. The minimum atomic E-state index is -1.06.